The average Bonchev–Trinajstić information content (AvgIpc) is 2.62. The highest BCUT2D eigenvalue weighted by molar-refractivity contribution is 5.85. The van der Waals surface area contributed by atoms with Crippen LogP contribution < -0.4 is 4.74 Å². The summed E-state index contributed by atoms with van der Waals surface area (Å²) in [5.74, 6) is 0.786. The van der Waals surface area contributed by atoms with Gasteiger partial charge in [0.15, 0.2) is 0 Å². The zero-order valence-corrected chi connectivity index (χ0v) is 8.03. The summed E-state index contributed by atoms with van der Waals surface area (Å²) in [5, 5.41) is 10.2. The lowest BCUT2D eigenvalue weighted by Crippen LogP contribution is -2.12. The molecular weight excluding hydrogens is 178 g/mol. The first-order chi connectivity index (χ1) is 6.77. The Morgan fingerprint density at radius 1 is 1.43 bits per heavy atom. The molecular formula is C11H13NO2. The van der Waals surface area contributed by atoms with E-state index in [4.69, 9.17) is 9.84 Å². The highest BCUT2D eigenvalue weighted by Gasteiger charge is 2.03. The van der Waals surface area contributed by atoms with Gasteiger partial charge in [-0.2, -0.15) is 0 Å². The molecule has 2 N–H and O–H groups in total. The second-order valence-electron chi connectivity index (χ2n) is 3.36. The van der Waals surface area contributed by atoms with E-state index in [0.717, 1.165) is 16.7 Å². The predicted molar refractivity (Wildman–Crippen MR) is 55.5 cm³/mol. The Balaban J connectivity index is 2.27. The number of rotatable bonds is 3. The molecule has 1 heterocycles. The minimum absolute atomic E-state index is 0.318. The van der Waals surface area contributed by atoms with Crippen LogP contribution in [0.4, 0.5) is 0 Å². The van der Waals surface area contributed by atoms with Crippen LogP contribution in [0, 0.1) is 0 Å². The van der Waals surface area contributed by atoms with E-state index in [1.54, 1.807) is 6.92 Å². The maximum Gasteiger partial charge on any atom is 0.143 e. The number of benzene rings is 1. The van der Waals surface area contributed by atoms with Crippen molar-refractivity contribution in [3.05, 3.63) is 30.5 Å². The smallest absolute Gasteiger partial charge is 0.143 e. The van der Waals surface area contributed by atoms with E-state index < -0.39 is 6.10 Å². The molecule has 3 nitrogen and oxygen atoms in total. The summed E-state index contributed by atoms with van der Waals surface area (Å²) in [7, 11) is 0. The van der Waals surface area contributed by atoms with Gasteiger partial charge in [-0.1, -0.05) is 12.1 Å². The minimum atomic E-state index is -0.444. The number of ether oxygens (including phenoxy) is 1. The van der Waals surface area contributed by atoms with E-state index in [2.05, 4.69) is 4.98 Å². The largest absolute Gasteiger partial charge is 0.489 e. The molecule has 0 aliphatic carbocycles. The Bertz CT molecular complexity index is 420. The van der Waals surface area contributed by atoms with Crippen LogP contribution in [0.15, 0.2) is 30.5 Å². The average molecular weight is 191 g/mol. The monoisotopic (exact) mass is 191 g/mol. The lowest BCUT2D eigenvalue weighted by Gasteiger charge is -2.08. The van der Waals surface area contributed by atoms with Gasteiger partial charge in [0, 0.05) is 11.6 Å². The third-order valence-corrected chi connectivity index (χ3v) is 2.03. The van der Waals surface area contributed by atoms with Gasteiger partial charge >= 0.3 is 0 Å². The van der Waals surface area contributed by atoms with Crippen molar-refractivity contribution in [1.82, 2.24) is 4.98 Å². The standard InChI is InChI=1S/C11H13NO2/c1-8(13)7-14-10-4-2-3-9-5-6-12-11(9)10/h2-6,8,12-13H,7H2,1H3. The van der Waals surface area contributed by atoms with Crippen LogP contribution in [-0.4, -0.2) is 22.8 Å². The molecule has 0 spiro atoms. The minimum Gasteiger partial charge on any atom is -0.489 e. The Morgan fingerprint density at radius 3 is 3.07 bits per heavy atom. The molecule has 0 bridgehead atoms. The zero-order chi connectivity index (χ0) is 9.97. The van der Waals surface area contributed by atoms with Gasteiger partial charge in [-0.3, -0.25) is 0 Å². The van der Waals surface area contributed by atoms with E-state index in [1.165, 1.54) is 0 Å². The number of para-hydroxylation sites is 1. The first-order valence-electron chi connectivity index (χ1n) is 4.64. The number of nitrogens with one attached hydrogen (secondary N) is 1. The van der Waals surface area contributed by atoms with Crippen LogP contribution in [0.5, 0.6) is 5.75 Å². The van der Waals surface area contributed by atoms with E-state index in [0.29, 0.717) is 6.61 Å². The molecule has 14 heavy (non-hydrogen) atoms. The molecule has 1 aromatic carbocycles. The number of aromatic nitrogens is 1. The van der Waals surface area contributed by atoms with E-state index in [-0.39, 0.29) is 0 Å². The molecule has 0 saturated carbocycles. The van der Waals surface area contributed by atoms with Crippen molar-refractivity contribution in [1.29, 1.82) is 0 Å². The van der Waals surface area contributed by atoms with Crippen molar-refractivity contribution in [2.24, 2.45) is 0 Å². The van der Waals surface area contributed by atoms with Gasteiger partial charge in [0.05, 0.1) is 11.6 Å². The molecule has 0 saturated heterocycles. The van der Waals surface area contributed by atoms with Crippen molar-refractivity contribution in [3.63, 3.8) is 0 Å². The number of fused-ring (bicyclic) bond motifs is 1. The van der Waals surface area contributed by atoms with Gasteiger partial charge in [0.1, 0.15) is 12.4 Å². The van der Waals surface area contributed by atoms with Crippen LogP contribution in [0.1, 0.15) is 6.92 Å². The molecule has 1 aromatic heterocycles. The highest BCUT2D eigenvalue weighted by atomic mass is 16.5. The van der Waals surface area contributed by atoms with Gasteiger partial charge in [-0.25, -0.2) is 0 Å². The molecule has 0 fully saturated rings. The first-order valence-corrected chi connectivity index (χ1v) is 4.64. The lowest BCUT2D eigenvalue weighted by atomic mass is 10.2. The Morgan fingerprint density at radius 2 is 2.29 bits per heavy atom. The summed E-state index contributed by atoms with van der Waals surface area (Å²) in [5.41, 5.74) is 0.980. The SMILES string of the molecule is CC(O)COc1cccc2cc[nH]c12. The molecule has 0 aliphatic heterocycles. The van der Waals surface area contributed by atoms with Crippen LogP contribution in [-0.2, 0) is 0 Å². The molecule has 1 unspecified atom stereocenters. The van der Waals surface area contributed by atoms with E-state index in [9.17, 15) is 0 Å². The summed E-state index contributed by atoms with van der Waals surface area (Å²) in [6.07, 6.45) is 1.43. The second-order valence-corrected chi connectivity index (χ2v) is 3.36. The van der Waals surface area contributed by atoms with E-state index in [1.807, 2.05) is 30.5 Å². The zero-order valence-electron chi connectivity index (χ0n) is 8.03. The van der Waals surface area contributed by atoms with Crippen molar-refractivity contribution < 1.29 is 9.84 Å². The molecule has 2 aromatic rings. The summed E-state index contributed by atoms with van der Waals surface area (Å²) in [6.45, 7) is 2.02. The first kappa shape index (κ1) is 9.09. The van der Waals surface area contributed by atoms with Gasteiger partial charge in [0.25, 0.3) is 0 Å². The highest BCUT2D eigenvalue weighted by Crippen LogP contribution is 2.23. The van der Waals surface area contributed by atoms with Crippen LogP contribution in [0.2, 0.25) is 0 Å². The molecule has 0 aliphatic rings. The Kier molecular flexibility index (Phi) is 2.41. The van der Waals surface area contributed by atoms with Crippen molar-refractivity contribution in [3.8, 4) is 5.75 Å². The Labute approximate surface area is 82.3 Å². The summed E-state index contributed by atoms with van der Waals surface area (Å²) in [6, 6.07) is 7.83. The molecule has 0 radical (unpaired) electrons. The molecule has 0 amide bonds. The van der Waals surface area contributed by atoms with Gasteiger partial charge < -0.3 is 14.8 Å². The quantitative estimate of drug-likeness (QED) is 0.778. The molecule has 74 valence electrons. The van der Waals surface area contributed by atoms with E-state index >= 15 is 0 Å². The fraction of sp³-hybridized carbons (Fsp3) is 0.273. The third-order valence-electron chi connectivity index (χ3n) is 2.03. The molecule has 2 rings (SSSR count). The molecule has 1 atom stereocenters. The lowest BCUT2D eigenvalue weighted by molar-refractivity contribution is 0.123. The predicted octanol–water partition coefficient (Wildman–Crippen LogP) is 1.93. The fourth-order valence-corrected chi connectivity index (χ4v) is 1.39. The normalized spacial score (nSPS) is 13.0. The summed E-state index contributed by atoms with van der Waals surface area (Å²) < 4.78 is 5.46. The number of hydrogen-bond acceptors (Lipinski definition) is 2. The molecule has 3 heteroatoms. The number of aliphatic hydroxyl groups excluding tert-OH is 1. The second kappa shape index (κ2) is 3.72. The summed E-state index contributed by atoms with van der Waals surface area (Å²) >= 11 is 0. The maximum atomic E-state index is 9.10. The fourth-order valence-electron chi connectivity index (χ4n) is 1.39. The number of hydrogen-bond donors (Lipinski definition) is 2. The van der Waals surface area contributed by atoms with Gasteiger partial charge in [-0.05, 0) is 19.1 Å². The number of H-pyrrole nitrogens is 1. The Hall–Kier alpha value is -1.48. The van der Waals surface area contributed by atoms with Gasteiger partial charge in [-0.15, -0.1) is 0 Å². The third kappa shape index (κ3) is 1.72. The van der Waals surface area contributed by atoms with Crippen LogP contribution in [0.3, 0.4) is 0 Å². The van der Waals surface area contributed by atoms with Crippen LogP contribution >= 0.6 is 0 Å². The van der Waals surface area contributed by atoms with Crippen LogP contribution in [0.25, 0.3) is 10.9 Å². The maximum absolute atomic E-state index is 9.10. The van der Waals surface area contributed by atoms with Gasteiger partial charge in [0.2, 0.25) is 0 Å². The van der Waals surface area contributed by atoms with Crippen molar-refractivity contribution in [2.45, 2.75) is 13.0 Å². The summed E-state index contributed by atoms with van der Waals surface area (Å²) in [4.78, 5) is 3.11. The number of aliphatic hydroxyl groups is 1. The number of aromatic amines is 1. The van der Waals surface area contributed by atoms with Crippen molar-refractivity contribution >= 4 is 10.9 Å². The topological polar surface area (TPSA) is 45.2 Å². The van der Waals surface area contributed by atoms with Crippen molar-refractivity contribution in [2.75, 3.05) is 6.61 Å².